The summed E-state index contributed by atoms with van der Waals surface area (Å²) in [5.74, 6) is -0.341. The van der Waals surface area contributed by atoms with E-state index in [4.69, 9.17) is 39.0 Å². The molecule has 2 aromatic rings. The Hall–Kier alpha value is -1.34. The van der Waals surface area contributed by atoms with Gasteiger partial charge in [-0.1, -0.05) is 43.1 Å². The summed E-state index contributed by atoms with van der Waals surface area (Å²) in [5, 5.41) is 11.0. The van der Waals surface area contributed by atoms with E-state index in [2.05, 4.69) is 18.7 Å². The summed E-state index contributed by atoms with van der Waals surface area (Å²) in [6.45, 7) is 6.12. The molecule has 1 aromatic heterocycles. The summed E-state index contributed by atoms with van der Waals surface area (Å²) in [7, 11) is 0. The van der Waals surface area contributed by atoms with Crippen molar-refractivity contribution >= 4 is 45.6 Å². The maximum Gasteiger partial charge on any atom is 0.305 e. The molecule has 0 amide bonds. The van der Waals surface area contributed by atoms with Crippen LogP contribution >= 0.6 is 34.5 Å². The van der Waals surface area contributed by atoms with Crippen LogP contribution in [-0.2, 0) is 11.2 Å². The fourth-order valence-corrected chi connectivity index (χ4v) is 4.48. The molecule has 5 nitrogen and oxygen atoms in total. The Morgan fingerprint density at radius 1 is 1.25 bits per heavy atom. The van der Waals surface area contributed by atoms with E-state index in [0.29, 0.717) is 29.1 Å². The second-order valence-electron chi connectivity index (χ2n) is 7.12. The lowest BCUT2D eigenvalue weighted by Gasteiger charge is -2.20. The molecule has 154 valence electrons. The van der Waals surface area contributed by atoms with Crippen molar-refractivity contribution in [2.75, 3.05) is 24.5 Å². The lowest BCUT2D eigenvalue weighted by molar-refractivity contribution is -0.136. The predicted octanol–water partition coefficient (Wildman–Crippen LogP) is 5.34. The number of nitrogens with zero attached hydrogens (tertiary/aromatic N) is 2. The van der Waals surface area contributed by atoms with Crippen molar-refractivity contribution in [1.29, 1.82) is 0 Å². The monoisotopic (exact) mass is 443 g/mol. The van der Waals surface area contributed by atoms with E-state index in [-0.39, 0.29) is 6.42 Å². The van der Waals surface area contributed by atoms with Gasteiger partial charge in [0, 0.05) is 23.5 Å². The zero-order valence-electron chi connectivity index (χ0n) is 16.3. The van der Waals surface area contributed by atoms with Crippen molar-refractivity contribution in [1.82, 2.24) is 4.98 Å². The zero-order chi connectivity index (χ0) is 20.7. The van der Waals surface area contributed by atoms with Crippen molar-refractivity contribution in [2.45, 2.75) is 39.5 Å². The highest BCUT2D eigenvalue weighted by Crippen LogP contribution is 2.37. The molecule has 0 spiro atoms. The first kappa shape index (κ1) is 22.9. The van der Waals surface area contributed by atoms with Crippen LogP contribution in [0.15, 0.2) is 18.2 Å². The number of benzene rings is 1. The Bertz CT molecular complexity index is 796. The van der Waals surface area contributed by atoms with Gasteiger partial charge in [-0.2, -0.15) is 0 Å². The highest BCUT2D eigenvalue weighted by Gasteiger charge is 2.19. The molecule has 1 heterocycles. The minimum Gasteiger partial charge on any atom is -0.481 e. The first-order valence-corrected chi connectivity index (χ1v) is 11.0. The number of hydrogen-bond acceptors (Lipinski definition) is 5. The number of hydrogen-bond donors (Lipinski definition) is 2. The fraction of sp³-hybridized carbons (Fsp3) is 0.500. The second-order valence-corrected chi connectivity index (χ2v) is 9.00. The summed E-state index contributed by atoms with van der Waals surface area (Å²) in [6.07, 6.45) is 2.76. The lowest BCUT2D eigenvalue weighted by Crippen LogP contribution is -2.27. The average molecular weight is 444 g/mol. The first-order valence-electron chi connectivity index (χ1n) is 9.43. The third-order valence-corrected chi connectivity index (χ3v) is 6.10. The van der Waals surface area contributed by atoms with E-state index in [1.807, 2.05) is 12.1 Å². The van der Waals surface area contributed by atoms with Crippen molar-refractivity contribution < 1.29 is 9.90 Å². The molecule has 3 N–H and O–H groups in total. The van der Waals surface area contributed by atoms with Gasteiger partial charge in [-0.25, -0.2) is 4.98 Å². The predicted molar refractivity (Wildman–Crippen MR) is 119 cm³/mol. The van der Waals surface area contributed by atoms with Gasteiger partial charge in [0.15, 0.2) is 5.13 Å². The van der Waals surface area contributed by atoms with Gasteiger partial charge in [-0.15, -0.1) is 11.3 Å². The van der Waals surface area contributed by atoms with Crippen LogP contribution in [-0.4, -0.2) is 35.7 Å². The molecule has 0 aliphatic heterocycles. The standard InChI is InChI=1S/C20H27Cl2N3O2S/c1-13(2)11-17-19(14-5-6-15(21)16(22)12-14)24-20(28-17)25(9-4-3-8-23)10-7-18(26)27/h5-6,12-13H,3-4,7-11,23H2,1-2H3,(H,26,27). The molecule has 8 heteroatoms. The van der Waals surface area contributed by atoms with Crippen molar-refractivity contribution in [3.05, 3.63) is 33.1 Å². The van der Waals surface area contributed by atoms with Crippen LogP contribution in [0.2, 0.25) is 10.0 Å². The summed E-state index contributed by atoms with van der Waals surface area (Å²) < 4.78 is 0. The van der Waals surface area contributed by atoms with E-state index in [0.717, 1.165) is 42.2 Å². The molecule has 0 radical (unpaired) electrons. The Balaban J connectivity index is 2.38. The Kier molecular flexibility index (Phi) is 9.02. The highest BCUT2D eigenvalue weighted by atomic mass is 35.5. The first-order chi connectivity index (χ1) is 13.3. The average Bonchev–Trinajstić information content (AvgIpc) is 3.03. The van der Waals surface area contributed by atoms with Crippen molar-refractivity contribution in [3.8, 4) is 11.3 Å². The molecule has 0 saturated carbocycles. The number of unbranched alkanes of at least 4 members (excludes halogenated alkanes) is 1. The summed E-state index contributed by atoms with van der Waals surface area (Å²) >= 11 is 13.9. The van der Waals surface area contributed by atoms with Gasteiger partial charge in [0.2, 0.25) is 0 Å². The zero-order valence-corrected chi connectivity index (χ0v) is 18.6. The topological polar surface area (TPSA) is 79.5 Å². The summed E-state index contributed by atoms with van der Waals surface area (Å²) in [6, 6.07) is 5.54. The second kappa shape index (κ2) is 11.0. The number of carboxylic acid groups (broad SMARTS) is 1. The van der Waals surface area contributed by atoms with Gasteiger partial charge in [0.1, 0.15) is 0 Å². The van der Waals surface area contributed by atoms with E-state index in [1.54, 1.807) is 17.4 Å². The maximum absolute atomic E-state index is 11.1. The number of rotatable bonds is 11. The van der Waals surface area contributed by atoms with E-state index >= 15 is 0 Å². The van der Waals surface area contributed by atoms with E-state index < -0.39 is 5.97 Å². The van der Waals surface area contributed by atoms with Gasteiger partial charge in [0.25, 0.3) is 0 Å². The maximum atomic E-state index is 11.1. The Labute approximate surface area is 180 Å². The van der Waals surface area contributed by atoms with Gasteiger partial charge in [-0.05, 0) is 43.9 Å². The van der Waals surface area contributed by atoms with Gasteiger partial charge < -0.3 is 15.7 Å². The number of carboxylic acids is 1. The summed E-state index contributed by atoms with van der Waals surface area (Å²) in [5.41, 5.74) is 7.43. The number of halogens is 2. The fourth-order valence-electron chi connectivity index (χ4n) is 2.83. The van der Waals surface area contributed by atoms with Crippen LogP contribution in [0.25, 0.3) is 11.3 Å². The minimum atomic E-state index is -0.813. The molecule has 0 atom stereocenters. The molecule has 0 bridgehead atoms. The molecule has 0 aliphatic carbocycles. The molecular weight excluding hydrogens is 417 g/mol. The summed E-state index contributed by atoms with van der Waals surface area (Å²) in [4.78, 5) is 19.2. The molecule has 0 saturated heterocycles. The molecule has 0 fully saturated rings. The molecule has 0 unspecified atom stereocenters. The smallest absolute Gasteiger partial charge is 0.305 e. The molecular formula is C20H27Cl2N3O2S. The van der Waals surface area contributed by atoms with Gasteiger partial charge >= 0.3 is 5.97 Å². The van der Waals surface area contributed by atoms with Crippen LogP contribution in [0.5, 0.6) is 0 Å². The minimum absolute atomic E-state index is 0.0732. The molecule has 28 heavy (non-hydrogen) atoms. The quantitative estimate of drug-likeness (QED) is 0.458. The van der Waals surface area contributed by atoms with Gasteiger partial charge in [-0.3, -0.25) is 4.79 Å². The van der Waals surface area contributed by atoms with Crippen molar-refractivity contribution in [2.24, 2.45) is 11.7 Å². The third kappa shape index (κ3) is 6.62. The van der Waals surface area contributed by atoms with Crippen LogP contribution < -0.4 is 10.6 Å². The van der Waals surface area contributed by atoms with Crippen molar-refractivity contribution in [3.63, 3.8) is 0 Å². The highest BCUT2D eigenvalue weighted by molar-refractivity contribution is 7.16. The number of aromatic nitrogens is 1. The van der Waals surface area contributed by atoms with Crippen LogP contribution in [0.1, 0.15) is 38.0 Å². The normalized spacial score (nSPS) is 11.2. The Morgan fingerprint density at radius 3 is 2.61 bits per heavy atom. The number of thiazole rings is 1. The molecule has 0 aliphatic rings. The number of carbonyl (C=O) groups is 1. The number of nitrogens with two attached hydrogens (primary N) is 1. The van der Waals surface area contributed by atoms with Crippen LogP contribution in [0, 0.1) is 5.92 Å². The van der Waals surface area contributed by atoms with Crippen LogP contribution in [0.4, 0.5) is 5.13 Å². The molecule has 2 rings (SSSR count). The van der Waals surface area contributed by atoms with Gasteiger partial charge in [0.05, 0.1) is 22.2 Å². The van der Waals surface area contributed by atoms with E-state index in [9.17, 15) is 4.79 Å². The SMILES string of the molecule is CC(C)Cc1sc(N(CCCCN)CCC(=O)O)nc1-c1ccc(Cl)c(Cl)c1. The molecule has 1 aromatic carbocycles. The Morgan fingerprint density at radius 2 is 2.00 bits per heavy atom. The van der Waals surface area contributed by atoms with Crippen LogP contribution in [0.3, 0.4) is 0 Å². The lowest BCUT2D eigenvalue weighted by atomic mass is 10.0. The number of anilines is 1. The van der Waals surface area contributed by atoms with E-state index in [1.165, 1.54) is 4.88 Å². The third-order valence-electron chi connectivity index (χ3n) is 4.22. The number of aliphatic carboxylic acids is 1. The largest absolute Gasteiger partial charge is 0.481 e.